The second-order valence-electron chi connectivity index (χ2n) is 6.55. The largest absolute Gasteiger partial charge is 0.480 e. The van der Waals surface area contributed by atoms with Crippen LogP contribution in [-0.2, 0) is 16.0 Å². The van der Waals surface area contributed by atoms with E-state index in [1.54, 1.807) is 12.1 Å². The first-order valence-corrected chi connectivity index (χ1v) is 9.05. The van der Waals surface area contributed by atoms with Gasteiger partial charge >= 0.3 is 11.9 Å². The molecule has 0 aliphatic heterocycles. The van der Waals surface area contributed by atoms with Gasteiger partial charge < -0.3 is 15.5 Å². The molecule has 0 unspecified atom stereocenters. The van der Waals surface area contributed by atoms with Crippen LogP contribution in [0.1, 0.15) is 11.1 Å². The van der Waals surface area contributed by atoms with Gasteiger partial charge in [0.2, 0.25) is 10.9 Å². The average Bonchev–Trinajstić information content (AvgIpc) is 3.25. The minimum Gasteiger partial charge on any atom is -0.480 e. The Morgan fingerprint density at radius 3 is 2.07 bits per heavy atom. The van der Waals surface area contributed by atoms with Crippen LogP contribution in [0.15, 0.2) is 68.8 Å². The van der Waals surface area contributed by atoms with Crippen LogP contribution in [0.2, 0.25) is 0 Å². The highest BCUT2D eigenvalue weighted by atomic mass is 16.4. The number of nitrogens with one attached hydrogen (secondary N) is 1. The Hall–Kier alpha value is -4.07. The molecule has 0 radical (unpaired) electrons. The highest BCUT2D eigenvalue weighted by Gasteiger charge is 2.12. The van der Waals surface area contributed by atoms with Crippen molar-refractivity contribution in [3.8, 4) is 0 Å². The first kappa shape index (κ1) is 20.7. The predicted molar refractivity (Wildman–Crippen MR) is 111 cm³/mol. The fourth-order valence-electron chi connectivity index (χ4n) is 3.11. The Bertz CT molecular complexity index is 1250. The van der Waals surface area contributed by atoms with Gasteiger partial charge in [-0.05, 0) is 17.2 Å². The van der Waals surface area contributed by atoms with Crippen LogP contribution in [0.25, 0.3) is 16.8 Å². The van der Waals surface area contributed by atoms with E-state index in [2.05, 4.69) is 16.4 Å². The van der Waals surface area contributed by atoms with Gasteiger partial charge in [0.1, 0.15) is 13.1 Å². The number of carbonyl (C=O) groups is 2. The molecule has 0 atom stereocenters. The van der Waals surface area contributed by atoms with E-state index in [1.807, 2.05) is 24.3 Å². The molecule has 152 valence electrons. The number of hydrogen-bond acceptors (Lipinski definition) is 6. The predicted octanol–water partition coefficient (Wildman–Crippen LogP) is 0.679. The van der Waals surface area contributed by atoms with Crippen molar-refractivity contribution in [1.29, 1.82) is 0 Å². The van der Waals surface area contributed by atoms with Crippen LogP contribution in [-0.4, -0.2) is 35.2 Å². The summed E-state index contributed by atoms with van der Waals surface area (Å²) in [5, 5.41) is 20.1. The third-order valence-corrected chi connectivity index (χ3v) is 4.45. The molecule has 3 aromatic carbocycles. The smallest absolute Gasteiger partial charge is 0.325 e. The van der Waals surface area contributed by atoms with Gasteiger partial charge in [0.25, 0.3) is 0 Å². The Labute approximate surface area is 170 Å². The van der Waals surface area contributed by atoms with Crippen LogP contribution >= 0.6 is 0 Å². The summed E-state index contributed by atoms with van der Waals surface area (Å²) in [5.41, 5.74) is 2.41. The van der Waals surface area contributed by atoms with E-state index in [-0.39, 0.29) is 22.7 Å². The van der Waals surface area contributed by atoms with Gasteiger partial charge in [-0.1, -0.05) is 48.5 Å². The molecule has 0 spiro atoms. The number of allylic oxidation sites excluding steroid dienone is 1. The lowest BCUT2D eigenvalue weighted by Crippen LogP contribution is -2.32. The van der Waals surface area contributed by atoms with Gasteiger partial charge in [0.15, 0.2) is 5.36 Å². The molecule has 3 N–H and O–H groups in total. The van der Waals surface area contributed by atoms with E-state index in [0.29, 0.717) is 0 Å². The van der Waals surface area contributed by atoms with Crippen LogP contribution in [0.3, 0.4) is 0 Å². The maximum absolute atomic E-state index is 11.7. The molecule has 3 aromatic rings. The van der Waals surface area contributed by atoms with E-state index in [4.69, 9.17) is 10.2 Å². The van der Waals surface area contributed by atoms with Gasteiger partial charge in [-0.25, -0.2) is 0 Å². The number of aliphatic carboxylic acids is 2. The van der Waals surface area contributed by atoms with Gasteiger partial charge in [0, 0.05) is 22.9 Å². The number of carboxylic acids is 2. The van der Waals surface area contributed by atoms with Gasteiger partial charge in [0.05, 0.1) is 0 Å². The number of fused-ring (bicyclic) bond motifs is 2. The quantitative estimate of drug-likeness (QED) is 0.567. The summed E-state index contributed by atoms with van der Waals surface area (Å²) in [7, 11) is 0. The van der Waals surface area contributed by atoms with E-state index >= 15 is 0 Å². The minimum atomic E-state index is -1.18. The summed E-state index contributed by atoms with van der Waals surface area (Å²) in [4.78, 5) is 47.5. The summed E-state index contributed by atoms with van der Waals surface area (Å²) in [6.07, 6.45) is 2.81. The highest BCUT2D eigenvalue weighted by molar-refractivity contribution is 5.83. The lowest BCUT2D eigenvalue weighted by atomic mass is 10.1. The number of nitrogens with zero attached hydrogens (tertiary/aromatic N) is 1. The van der Waals surface area contributed by atoms with E-state index < -0.39 is 29.3 Å². The lowest BCUT2D eigenvalue weighted by Gasteiger charge is -2.02. The maximum Gasteiger partial charge on any atom is 0.325 e. The zero-order valence-corrected chi connectivity index (χ0v) is 15.8. The van der Waals surface area contributed by atoms with Crippen molar-refractivity contribution in [2.45, 2.75) is 6.42 Å². The second kappa shape index (κ2) is 8.95. The number of carboxylic acid groups (broad SMARTS) is 2. The average molecular weight is 406 g/mol. The van der Waals surface area contributed by atoms with Crippen molar-refractivity contribution in [2.24, 2.45) is 4.99 Å². The van der Waals surface area contributed by atoms with Crippen LogP contribution in [0, 0.1) is 0 Å². The van der Waals surface area contributed by atoms with Crippen molar-refractivity contribution in [3.63, 3.8) is 0 Å². The summed E-state index contributed by atoms with van der Waals surface area (Å²) in [6.45, 7) is -0.583. The van der Waals surface area contributed by atoms with Gasteiger partial charge in [-0.2, -0.15) is 0 Å². The second-order valence-corrected chi connectivity index (χ2v) is 6.55. The van der Waals surface area contributed by atoms with E-state index in [1.165, 1.54) is 23.3 Å². The molecule has 0 saturated heterocycles. The Morgan fingerprint density at radius 1 is 0.900 bits per heavy atom. The molecular weight excluding hydrogens is 388 g/mol. The fraction of sp³-hybridized carbons (Fsp3) is 0.136. The lowest BCUT2D eigenvalue weighted by molar-refractivity contribution is -0.136. The molecule has 0 fully saturated rings. The van der Waals surface area contributed by atoms with Crippen LogP contribution in [0.5, 0.6) is 0 Å². The molecule has 0 heterocycles. The highest BCUT2D eigenvalue weighted by Crippen LogP contribution is 2.22. The van der Waals surface area contributed by atoms with Crippen LogP contribution in [0.4, 0.5) is 0 Å². The van der Waals surface area contributed by atoms with Gasteiger partial charge in [-0.15, -0.1) is 0 Å². The summed E-state index contributed by atoms with van der Waals surface area (Å²) >= 11 is 0. The zero-order valence-electron chi connectivity index (χ0n) is 15.8. The number of rotatable bonds is 5. The van der Waals surface area contributed by atoms with Crippen molar-refractivity contribution in [2.75, 3.05) is 13.1 Å². The third-order valence-electron chi connectivity index (χ3n) is 4.45. The van der Waals surface area contributed by atoms with Crippen molar-refractivity contribution in [1.82, 2.24) is 5.32 Å². The third kappa shape index (κ3) is 4.67. The Balaban J connectivity index is 0.000000172. The molecule has 0 bridgehead atoms. The molecule has 30 heavy (non-hydrogen) atoms. The molecule has 8 heteroatoms. The van der Waals surface area contributed by atoms with Gasteiger partial charge in [-0.3, -0.25) is 24.2 Å². The number of hydrogen-bond donors (Lipinski definition) is 3. The molecule has 1 aliphatic rings. The minimum absolute atomic E-state index is 0.0141. The first-order chi connectivity index (χ1) is 14.4. The standard InChI is InChI=1S/C11H7NO4.C11H11NO2/c13-8(14)5-12-9-10(15)6-3-1-2-4-7(6)11(9)16;13-11(14)7-12-10-5-8-3-1-2-4-9(8)6-10/h1-4H,5H2,(H,13,14);1-5,12H,6-7H2,(H,13,14). The van der Waals surface area contributed by atoms with Crippen molar-refractivity contribution >= 4 is 28.8 Å². The molecule has 0 amide bonds. The van der Waals surface area contributed by atoms with Crippen molar-refractivity contribution in [3.05, 3.63) is 91.2 Å². The summed E-state index contributed by atoms with van der Waals surface area (Å²) < 4.78 is 0. The summed E-state index contributed by atoms with van der Waals surface area (Å²) in [5.74, 6) is -2.01. The molecular formula is C22H18N2O6. The fourth-order valence-corrected chi connectivity index (χ4v) is 3.11. The summed E-state index contributed by atoms with van der Waals surface area (Å²) in [6, 6.07) is 14.4. The number of benzene rings is 2. The Morgan fingerprint density at radius 2 is 1.50 bits per heavy atom. The zero-order chi connectivity index (χ0) is 21.7. The molecule has 0 saturated carbocycles. The molecule has 1 aliphatic carbocycles. The van der Waals surface area contributed by atoms with E-state index in [0.717, 1.165) is 12.1 Å². The first-order valence-electron chi connectivity index (χ1n) is 9.05. The van der Waals surface area contributed by atoms with E-state index in [9.17, 15) is 19.2 Å². The SMILES string of the molecule is O=C(O)CN=c1c(=O)c2ccccc2c1=O.O=C(O)CNC1=Cc2ccccc2C1. The monoisotopic (exact) mass is 406 g/mol. The maximum atomic E-state index is 11.7. The normalized spacial score (nSPS) is 11.8. The molecule has 4 rings (SSSR count). The topological polar surface area (TPSA) is 133 Å². The van der Waals surface area contributed by atoms with Crippen molar-refractivity contribution < 1.29 is 19.8 Å². The molecule has 8 nitrogen and oxygen atoms in total. The molecule has 0 aromatic heterocycles. The Kier molecular flexibility index (Phi) is 6.17. The van der Waals surface area contributed by atoms with Crippen LogP contribution < -0.4 is 21.5 Å².